The molecule has 0 saturated heterocycles. The summed E-state index contributed by atoms with van der Waals surface area (Å²) in [5.74, 6) is 5.76. The minimum atomic E-state index is -3.29. The number of rotatable bonds is 5. The van der Waals surface area contributed by atoms with Gasteiger partial charge in [-0.05, 0) is 38.8 Å². The maximum absolute atomic E-state index is 11.9. The van der Waals surface area contributed by atoms with Crippen molar-refractivity contribution in [3.63, 3.8) is 0 Å². The van der Waals surface area contributed by atoms with Crippen molar-refractivity contribution >= 4 is 9.84 Å². The van der Waals surface area contributed by atoms with Crippen molar-refractivity contribution in [2.45, 2.75) is 38.0 Å². The van der Waals surface area contributed by atoms with E-state index in [1.807, 2.05) is 6.92 Å². The Balaban J connectivity index is 2.61. The van der Waals surface area contributed by atoms with Crippen LogP contribution in [0.25, 0.3) is 0 Å². The van der Waals surface area contributed by atoms with E-state index in [-0.39, 0.29) is 0 Å². The van der Waals surface area contributed by atoms with Gasteiger partial charge in [-0.2, -0.15) is 0 Å². The molecule has 0 aromatic heterocycles. The minimum absolute atomic E-state index is 0.345. The van der Waals surface area contributed by atoms with Gasteiger partial charge in [0.25, 0.3) is 0 Å². The number of allylic oxidation sites excluding steroid dienone is 1. The van der Waals surface area contributed by atoms with E-state index in [0.717, 1.165) is 24.8 Å². The Morgan fingerprint density at radius 1 is 1.22 bits per heavy atom. The summed E-state index contributed by atoms with van der Waals surface area (Å²) in [4.78, 5) is 0.345. The Hall–Kier alpha value is -1.53. The van der Waals surface area contributed by atoms with E-state index in [0.29, 0.717) is 4.90 Å². The molecule has 1 aromatic carbocycles. The SMILES string of the molecule is CC#CCCC/C=C/S(=O)(=O)c1ccc(C)cc1. The molecule has 18 heavy (non-hydrogen) atoms. The third kappa shape index (κ3) is 4.77. The van der Waals surface area contributed by atoms with E-state index in [1.54, 1.807) is 37.3 Å². The van der Waals surface area contributed by atoms with Crippen LogP contribution in [-0.2, 0) is 9.84 Å². The topological polar surface area (TPSA) is 34.1 Å². The minimum Gasteiger partial charge on any atom is -0.219 e. The summed E-state index contributed by atoms with van der Waals surface area (Å²) in [5.41, 5.74) is 1.05. The van der Waals surface area contributed by atoms with Gasteiger partial charge < -0.3 is 0 Å². The normalized spacial score (nSPS) is 11.2. The third-order valence-electron chi connectivity index (χ3n) is 2.47. The fourth-order valence-electron chi connectivity index (χ4n) is 1.43. The number of sulfone groups is 1. The van der Waals surface area contributed by atoms with E-state index in [4.69, 9.17) is 0 Å². The highest BCUT2D eigenvalue weighted by Crippen LogP contribution is 2.13. The van der Waals surface area contributed by atoms with E-state index in [9.17, 15) is 8.42 Å². The van der Waals surface area contributed by atoms with Crippen molar-refractivity contribution in [2.75, 3.05) is 0 Å². The molecule has 0 radical (unpaired) electrons. The summed E-state index contributed by atoms with van der Waals surface area (Å²) in [6.07, 6.45) is 4.14. The first-order valence-electron chi connectivity index (χ1n) is 5.94. The summed E-state index contributed by atoms with van der Waals surface area (Å²) in [7, 11) is -3.29. The van der Waals surface area contributed by atoms with Gasteiger partial charge in [0, 0.05) is 11.8 Å². The second-order valence-corrected chi connectivity index (χ2v) is 5.88. The Labute approximate surface area is 110 Å². The van der Waals surface area contributed by atoms with Crippen LogP contribution in [0.2, 0.25) is 0 Å². The van der Waals surface area contributed by atoms with Gasteiger partial charge >= 0.3 is 0 Å². The number of hydrogen-bond acceptors (Lipinski definition) is 2. The summed E-state index contributed by atoms with van der Waals surface area (Å²) in [6.45, 7) is 3.73. The quantitative estimate of drug-likeness (QED) is 0.601. The molecule has 1 rings (SSSR count). The van der Waals surface area contributed by atoms with E-state index in [1.165, 1.54) is 5.41 Å². The molecule has 0 heterocycles. The lowest BCUT2D eigenvalue weighted by atomic mass is 10.2. The Bertz CT molecular complexity index is 555. The van der Waals surface area contributed by atoms with Crippen molar-refractivity contribution < 1.29 is 8.42 Å². The molecule has 0 aliphatic carbocycles. The third-order valence-corrected chi connectivity index (χ3v) is 3.95. The molecule has 0 aliphatic rings. The summed E-state index contributed by atoms with van der Waals surface area (Å²) >= 11 is 0. The van der Waals surface area contributed by atoms with Gasteiger partial charge in [-0.25, -0.2) is 8.42 Å². The van der Waals surface area contributed by atoms with Gasteiger partial charge in [0.05, 0.1) is 4.90 Å². The van der Waals surface area contributed by atoms with Gasteiger partial charge in [-0.15, -0.1) is 11.8 Å². The number of unbranched alkanes of at least 4 members (excludes halogenated alkanes) is 2. The predicted octanol–water partition coefficient (Wildman–Crippen LogP) is 3.48. The van der Waals surface area contributed by atoms with Gasteiger partial charge in [0.15, 0.2) is 9.84 Å². The van der Waals surface area contributed by atoms with Crippen LogP contribution in [0.4, 0.5) is 0 Å². The summed E-state index contributed by atoms with van der Waals surface area (Å²) in [6, 6.07) is 6.88. The lowest BCUT2D eigenvalue weighted by molar-refractivity contribution is 0.604. The molecular weight excluding hydrogens is 244 g/mol. The first kappa shape index (κ1) is 14.5. The zero-order valence-electron chi connectivity index (χ0n) is 10.8. The van der Waals surface area contributed by atoms with Crippen LogP contribution in [0, 0.1) is 18.8 Å². The number of hydrogen-bond donors (Lipinski definition) is 0. The van der Waals surface area contributed by atoms with Gasteiger partial charge in [-0.3, -0.25) is 0 Å². The Kier molecular flexibility index (Phi) is 5.67. The first-order chi connectivity index (χ1) is 8.56. The van der Waals surface area contributed by atoms with Gasteiger partial charge in [0.1, 0.15) is 0 Å². The molecule has 2 nitrogen and oxygen atoms in total. The van der Waals surface area contributed by atoms with Crippen LogP contribution in [0.1, 0.15) is 31.7 Å². The zero-order chi connectivity index (χ0) is 13.4. The smallest absolute Gasteiger partial charge is 0.199 e. The second-order valence-electron chi connectivity index (χ2n) is 4.05. The monoisotopic (exact) mass is 262 g/mol. The molecule has 0 bridgehead atoms. The highest BCUT2D eigenvalue weighted by Gasteiger charge is 2.08. The van der Waals surface area contributed by atoms with Crippen LogP contribution in [-0.4, -0.2) is 8.42 Å². The van der Waals surface area contributed by atoms with Crippen molar-refractivity contribution in [1.29, 1.82) is 0 Å². The fourth-order valence-corrected chi connectivity index (χ4v) is 2.50. The van der Waals surface area contributed by atoms with Crippen molar-refractivity contribution in [2.24, 2.45) is 0 Å². The van der Waals surface area contributed by atoms with E-state index < -0.39 is 9.84 Å². The van der Waals surface area contributed by atoms with Crippen LogP contribution in [0.5, 0.6) is 0 Å². The molecule has 0 spiro atoms. The molecule has 0 amide bonds. The average molecular weight is 262 g/mol. The Morgan fingerprint density at radius 2 is 1.89 bits per heavy atom. The predicted molar refractivity (Wildman–Crippen MR) is 74.8 cm³/mol. The van der Waals surface area contributed by atoms with Crippen LogP contribution in [0.15, 0.2) is 40.6 Å². The molecular formula is C15H18O2S. The standard InChI is InChI=1S/C15H18O2S/c1-3-4-5-6-7-8-13-18(16,17)15-11-9-14(2)10-12-15/h8-13H,5-7H2,1-2H3/b13-8+. The van der Waals surface area contributed by atoms with Crippen molar-refractivity contribution in [1.82, 2.24) is 0 Å². The lowest BCUT2D eigenvalue weighted by Crippen LogP contribution is -1.95. The van der Waals surface area contributed by atoms with Crippen molar-refractivity contribution in [3.8, 4) is 11.8 Å². The number of aryl methyl sites for hydroxylation is 1. The average Bonchev–Trinajstić information content (AvgIpc) is 2.34. The first-order valence-corrected chi connectivity index (χ1v) is 7.49. The molecule has 0 unspecified atom stereocenters. The maximum Gasteiger partial charge on any atom is 0.199 e. The molecule has 0 N–H and O–H groups in total. The summed E-state index contributed by atoms with van der Waals surface area (Å²) in [5, 5.41) is 1.29. The van der Waals surface area contributed by atoms with Crippen LogP contribution >= 0.6 is 0 Å². The molecule has 0 aliphatic heterocycles. The Morgan fingerprint density at radius 3 is 2.50 bits per heavy atom. The van der Waals surface area contributed by atoms with Crippen LogP contribution in [0.3, 0.4) is 0 Å². The largest absolute Gasteiger partial charge is 0.219 e. The molecule has 0 saturated carbocycles. The number of benzene rings is 1. The molecule has 1 aromatic rings. The zero-order valence-corrected chi connectivity index (χ0v) is 11.6. The van der Waals surface area contributed by atoms with E-state index >= 15 is 0 Å². The van der Waals surface area contributed by atoms with Crippen LogP contribution < -0.4 is 0 Å². The highest BCUT2D eigenvalue weighted by molar-refractivity contribution is 7.94. The van der Waals surface area contributed by atoms with Crippen molar-refractivity contribution in [3.05, 3.63) is 41.3 Å². The molecule has 0 fully saturated rings. The maximum atomic E-state index is 11.9. The fraction of sp³-hybridized carbons (Fsp3) is 0.333. The molecule has 3 heteroatoms. The lowest BCUT2D eigenvalue weighted by Gasteiger charge is -1.99. The van der Waals surface area contributed by atoms with E-state index in [2.05, 4.69) is 11.8 Å². The second kappa shape index (κ2) is 7.03. The van der Waals surface area contributed by atoms with Gasteiger partial charge in [-0.1, -0.05) is 23.8 Å². The molecule has 0 atom stereocenters. The van der Waals surface area contributed by atoms with Gasteiger partial charge in [0.2, 0.25) is 0 Å². The summed E-state index contributed by atoms with van der Waals surface area (Å²) < 4.78 is 23.8. The molecule has 96 valence electrons. The highest BCUT2D eigenvalue weighted by atomic mass is 32.2.